The number of hydrogen-bond donors (Lipinski definition) is 1. The van der Waals surface area contributed by atoms with Crippen LogP contribution in [-0.4, -0.2) is 47.0 Å². The Labute approximate surface area is 135 Å². The highest BCUT2D eigenvalue weighted by Gasteiger charge is 2.20. The summed E-state index contributed by atoms with van der Waals surface area (Å²) in [6.45, 7) is 7.15. The van der Waals surface area contributed by atoms with Crippen LogP contribution in [0.5, 0.6) is 0 Å². The van der Waals surface area contributed by atoms with E-state index in [9.17, 15) is 4.79 Å². The van der Waals surface area contributed by atoms with Crippen molar-refractivity contribution in [1.29, 1.82) is 0 Å². The van der Waals surface area contributed by atoms with E-state index < -0.39 is 0 Å². The number of piperazine rings is 1. The van der Waals surface area contributed by atoms with Crippen LogP contribution in [0, 0.1) is 6.92 Å². The fourth-order valence-electron chi connectivity index (χ4n) is 2.62. The van der Waals surface area contributed by atoms with Crippen LogP contribution in [0.2, 0.25) is 0 Å². The van der Waals surface area contributed by atoms with Crippen LogP contribution >= 0.6 is 0 Å². The molecule has 3 rings (SSSR count). The van der Waals surface area contributed by atoms with Gasteiger partial charge in [0, 0.05) is 44.9 Å². The first-order valence-corrected chi connectivity index (χ1v) is 7.74. The molecule has 122 valence electrons. The van der Waals surface area contributed by atoms with Gasteiger partial charge in [-0.3, -0.25) is 4.79 Å². The molecular weight excluding hydrogens is 294 g/mol. The van der Waals surface area contributed by atoms with Gasteiger partial charge in [-0.1, -0.05) is 0 Å². The van der Waals surface area contributed by atoms with Gasteiger partial charge in [0.15, 0.2) is 0 Å². The molecule has 0 radical (unpaired) electrons. The molecule has 0 aliphatic carbocycles. The standard InChI is InChI=1S/C16H21N5O2/c1-12-10-15(21-7-5-20(6-8-21)13(2)22)19-16(18-12)17-11-14-4-3-9-23-14/h3-4,9-10H,5-8,11H2,1-2H3,(H,17,18,19). The number of anilines is 2. The number of hydrogen-bond acceptors (Lipinski definition) is 6. The minimum Gasteiger partial charge on any atom is -0.467 e. The predicted octanol–water partition coefficient (Wildman–Crippen LogP) is 1.66. The van der Waals surface area contributed by atoms with E-state index in [2.05, 4.69) is 20.2 Å². The van der Waals surface area contributed by atoms with E-state index in [0.717, 1.165) is 43.5 Å². The molecule has 1 fully saturated rings. The minimum absolute atomic E-state index is 0.129. The van der Waals surface area contributed by atoms with Crippen molar-refractivity contribution < 1.29 is 9.21 Å². The third-order valence-electron chi connectivity index (χ3n) is 3.89. The minimum atomic E-state index is 0.129. The number of carbonyl (C=O) groups is 1. The van der Waals surface area contributed by atoms with E-state index in [1.165, 1.54) is 0 Å². The molecule has 2 aromatic heterocycles. The number of aryl methyl sites for hydroxylation is 1. The first-order valence-electron chi connectivity index (χ1n) is 7.74. The lowest BCUT2D eigenvalue weighted by Crippen LogP contribution is -2.48. The second kappa shape index (κ2) is 6.68. The molecule has 1 N–H and O–H groups in total. The van der Waals surface area contributed by atoms with Gasteiger partial charge in [-0.15, -0.1) is 0 Å². The van der Waals surface area contributed by atoms with Gasteiger partial charge < -0.3 is 19.5 Å². The van der Waals surface area contributed by atoms with Gasteiger partial charge in [0.2, 0.25) is 11.9 Å². The number of amides is 1. The van der Waals surface area contributed by atoms with Gasteiger partial charge in [0.1, 0.15) is 11.6 Å². The molecule has 7 heteroatoms. The summed E-state index contributed by atoms with van der Waals surface area (Å²) in [5, 5.41) is 3.19. The number of aromatic nitrogens is 2. The number of furan rings is 1. The first kappa shape index (κ1) is 15.3. The lowest BCUT2D eigenvalue weighted by atomic mass is 10.3. The zero-order valence-electron chi connectivity index (χ0n) is 13.5. The maximum Gasteiger partial charge on any atom is 0.225 e. The van der Waals surface area contributed by atoms with Crippen molar-refractivity contribution >= 4 is 17.7 Å². The molecule has 23 heavy (non-hydrogen) atoms. The number of rotatable bonds is 4. The van der Waals surface area contributed by atoms with Gasteiger partial charge in [-0.05, 0) is 19.1 Å². The van der Waals surface area contributed by atoms with Crippen LogP contribution in [0.25, 0.3) is 0 Å². The van der Waals surface area contributed by atoms with E-state index in [1.807, 2.05) is 30.0 Å². The SMILES string of the molecule is CC(=O)N1CCN(c2cc(C)nc(NCc3ccco3)n2)CC1. The van der Waals surface area contributed by atoms with Crippen molar-refractivity contribution in [2.45, 2.75) is 20.4 Å². The van der Waals surface area contributed by atoms with Crippen molar-refractivity contribution in [3.8, 4) is 0 Å². The molecule has 1 aliphatic heterocycles. The second-order valence-corrected chi connectivity index (χ2v) is 5.62. The Morgan fingerprint density at radius 3 is 2.74 bits per heavy atom. The van der Waals surface area contributed by atoms with Crippen LogP contribution in [0.1, 0.15) is 18.4 Å². The maximum atomic E-state index is 11.4. The van der Waals surface area contributed by atoms with E-state index in [4.69, 9.17) is 4.42 Å². The highest BCUT2D eigenvalue weighted by molar-refractivity contribution is 5.73. The highest BCUT2D eigenvalue weighted by atomic mass is 16.3. The highest BCUT2D eigenvalue weighted by Crippen LogP contribution is 2.17. The summed E-state index contributed by atoms with van der Waals surface area (Å²) >= 11 is 0. The van der Waals surface area contributed by atoms with E-state index in [-0.39, 0.29) is 5.91 Å². The molecule has 2 aromatic rings. The first-order chi connectivity index (χ1) is 11.1. The molecule has 0 unspecified atom stereocenters. The smallest absolute Gasteiger partial charge is 0.225 e. The fraction of sp³-hybridized carbons (Fsp3) is 0.438. The molecular formula is C16H21N5O2. The van der Waals surface area contributed by atoms with Crippen molar-refractivity contribution in [2.75, 3.05) is 36.4 Å². The lowest BCUT2D eigenvalue weighted by Gasteiger charge is -2.35. The predicted molar refractivity (Wildman–Crippen MR) is 87.3 cm³/mol. The third kappa shape index (κ3) is 3.80. The van der Waals surface area contributed by atoms with Crippen molar-refractivity contribution in [1.82, 2.24) is 14.9 Å². The Kier molecular flexibility index (Phi) is 4.45. The van der Waals surface area contributed by atoms with E-state index in [1.54, 1.807) is 13.2 Å². The molecule has 1 saturated heterocycles. The Hall–Kier alpha value is -2.57. The molecule has 0 spiro atoms. The van der Waals surface area contributed by atoms with Crippen molar-refractivity contribution in [3.05, 3.63) is 35.9 Å². The number of nitrogens with zero attached hydrogens (tertiary/aromatic N) is 4. The van der Waals surface area contributed by atoms with Gasteiger partial charge in [-0.2, -0.15) is 4.98 Å². The average molecular weight is 315 g/mol. The summed E-state index contributed by atoms with van der Waals surface area (Å²) in [5.41, 5.74) is 0.908. The summed E-state index contributed by atoms with van der Waals surface area (Å²) < 4.78 is 5.30. The normalized spacial score (nSPS) is 14.9. The third-order valence-corrected chi connectivity index (χ3v) is 3.89. The van der Waals surface area contributed by atoms with Crippen LogP contribution in [-0.2, 0) is 11.3 Å². The Morgan fingerprint density at radius 1 is 1.30 bits per heavy atom. The largest absolute Gasteiger partial charge is 0.467 e. The quantitative estimate of drug-likeness (QED) is 0.925. The molecule has 0 saturated carbocycles. The van der Waals surface area contributed by atoms with E-state index in [0.29, 0.717) is 12.5 Å². The number of carbonyl (C=O) groups excluding carboxylic acids is 1. The Bertz CT molecular complexity index is 663. The molecule has 0 aromatic carbocycles. The van der Waals surface area contributed by atoms with Crippen LogP contribution in [0.3, 0.4) is 0 Å². The number of nitrogens with one attached hydrogen (secondary N) is 1. The van der Waals surface area contributed by atoms with Gasteiger partial charge in [0.05, 0.1) is 12.8 Å². The lowest BCUT2D eigenvalue weighted by molar-refractivity contribution is -0.129. The molecule has 0 atom stereocenters. The average Bonchev–Trinajstić information content (AvgIpc) is 3.06. The molecule has 0 bridgehead atoms. The van der Waals surface area contributed by atoms with Crippen LogP contribution < -0.4 is 10.2 Å². The topological polar surface area (TPSA) is 74.5 Å². The summed E-state index contributed by atoms with van der Waals surface area (Å²) in [6.07, 6.45) is 1.65. The van der Waals surface area contributed by atoms with Crippen LogP contribution in [0.15, 0.2) is 28.9 Å². The van der Waals surface area contributed by atoms with Crippen molar-refractivity contribution in [3.63, 3.8) is 0 Å². The maximum absolute atomic E-state index is 11.4. The fourth-order valence-corrected chi connectivity index (χ4v) is 2.62. The molecule has 7 nitrogen and oxygen atoms in total. The Morgan fingerprint density at radius 2 is 2.09 bits per heavy atom. The zero-order valence-corrected chi connectivity index (χ0v) is 13.5. The molecule has 1 aliphatic rings. The van der Waals surface area contributed by atoms with E-state index >= 15 is 0 Å². The summed E-state index contributed by atoms with van der Waals surface area (Å²) in [7, 11) is 0. The van der Waals surface area contributed by atoms with Gasteiger partial charge in [-0.25, -0.2) is 4.98 Å². The van der Waals surface area contributed by atoms with Gasteiger partial charge >= 0.3 is 0 Å². The summed E-state index contributed by atoms with van der Waals surface area (Å²) in [6, 6.07) is 5.74. The molecule has 1 amide bonds. The summed E-state index contributed by atoms with van der Waals surface area (Å²) in [4.78, 5) is 24.5. The van der Waals surface area contributed by atoms with Gasteiger partial charge in [0.25, 0.3) is 0 Å². The van der Waals surface area contributed by atoms with Crippen molar-refractivity contribution in [2.24, 2.45) is 0 Å². The second-order valence-electron chi connectivity index (χ2n) is 5.62. The Balaban J connectivity index is 1.67. The monoisotopic (exact) mass is 315 g/mol. The zero-order chi connectivity index (χ0) is 16.2. The molecule has 3 heterocycles. The van der Waals surface area contributed by atoms with Crippen LogP contribution in [0.4, 0.5) is 11.8 Å². The summed E-state index contributed by atoms with van der Waals surface area (Å²) in [5.74, 6) is 2.45.